The first-order valence-electron chi connectivity index (χ1n) is 11.6. The maximum Gasteiger partial charge on any atom is 0.192 e. The fraction of sp³-hybridized carbons (Fsp3) is 0.333. The molecule has 190 valence electrons. The Kier molecular flexibility index (Phi) is 7.19. The Balaban J connectivity index is 1.85. The van der Waals surface area contributed by atoms with Crippen molar-refractivity contribution in [3.8, 4) is 11.3 Å². The van der Waals surface area contributed by atoms with Gasteiger partial charge in [0.2, 0.25) is 0 Å². The van der Waals surface area contributed by atoms with Gasteiger partial charge in [0.1, 0.15) is 5.69 Å². The van der Waals surface area contributed by atoms with Gasteiger partial charge < -0.3 is 4.52 Å². The van der Waals surface area contributed by atoms with Crippen molar-refractivity contribution in [2.24, 2.45) is 0 Å². The van der Waals surface area contributed by atoms with Crippen LogP contribution in [0.2, 0.25) is 0 Å². The zero-order valence-electron chi connectivity index (χ0n) is 21.3. The Morgan fingerprint density at radius 2 is 1.78 bits per heavy atom. The predicted octanol–water partition coefficient (Wildman–Crippen LogP) is 5.25. The van der Waals surface area contributed by atoms with Crippen LogP contribution >= 0.6 is 0 Å². The van der Waals surface area contributed by atoms with Gasteiger partial charge in [-0.15, -0.1) is 0 Å². The standard InChI is InChI=1S/C27H31N3O4S2/c1-17-11-13-21-24(15-17)34-29-26(21)20-10-8-7-9-19(20)23(30-35(31)27(3,4)5)16-22-18(2)12-14-25(28-22)36(6,32)33/h7-15,23,30H,16H2,1-6H3/t23-,35-/m0/s1. The third kappa shape index (κ3) is 5.58. The minimum absolute atomic E-state index is 0.0185. The lowest BCUT2D eigenvalue weighted by molar-refractivity contribution is 0.459. The van der Waals surface area contributed by atoms with Gasteiger partial charge in [0.05, 0.1) is 21.8 Å². The number of pyridine rings is 1. The number of aromatic nitrogens is 2. The summed E-state index contributed by atoms with van der Waals surface area (Å²) in [5.74, 6) is 0. The molecule has 2 aromatic carbocycles. The van der Waals surface area contributed by atoms with Crippen LogP contribution in [-0.4, -0.2) is 33.8 Å². The molecule has 0 bridgehead atoms. The zero-order valence-corrected chi connectivity index (χ0v) is 23.0. The minimum Gasteiger partial charge on any atom is -0.356 e. The van der Waals surface area contributed by atoms with E-state index in [0.717, 1.165) is 33.9 Å². The lowest BCUT2D eigenvalue weighted by Crippen LogP contribution is -2.37. The van der Waals surface area contributed by atoms with Gasteiger partial charge >= 0.3 is 0 Å². The Morgan fingerprint density at radius 3 is 2.47 bits per heavy atom. The Morgan fingerprint density at radius 1 is 1.06 bits per heavy atom. The van der Waals surface area contributed by atoms with Crippen LogP contribution in [0.4, 0.5) is 0 Å². The van der Waals surface area contributed by atoms with E-state index in [0.29, 0.717) is 23.4 Å². The molecule has 1 N–H and O–H groups in total. The highest BCUT2D eigenvalue weighted by Crippen LogP contribution is 2.35. The number of nitrogens with zero attached hydrogens (tertiary/aromatic N) is 2. The molecule has 0 fully saturated rings. The van der Waals surface area contributed by atoms with Crippen molar-refractivity contribution < 1.29 is 17.1 Å². The fourth-order valence-electron chi connectivity index (χ4n) is 3.93. The Hall–Kier alpha value is -2.88. The van der Waals surface area contributed by atoms with E-state index in [1.54, 1.807) is 6.07 Å². The van der Waals surface area contributed by atoms with Crippen molar-refractivity contribution >= 4 is 31.8 Å². The van der Waals surface area contributed by atoms with Crippen LogP contribution in [-0.2, 0) is 27.2 Å². The maximum atomic E-state index is 13.2. The molecule has 0 aliphatic heterocycles. The van der Waals surface area contributed by atoms with E-state index in [4.69, 9.17) is 4.52 Å². The van der Waals surface area contributed by atoms with E-state index in [9.17, 15) is 12.6 Å². The molecule has 0 unspecified atom stereocenters. The molecule has 0 radical (unpaired) electrons. The summed E-state index contributed by atoms with van der Waals surface area (Å²) >= 11 is 0. The highest BCUT2D eigenvalue weighted by Gasteiger charge is 2.27. The van der Waals surface area contributed by atoms with Crippen molar-refractivity contribution in [3.05, 3.63) is 77.0 Å². The molecule has 0 amide bonds. The number of rotatable bonds is 7. The molecule has 2 heterocycles. The molecule has 0 saturated carbocycles. The molecule has 4 rings (SSSR count). The molecule has 0 aliphatic carbocycles. The summed E-state index contributed by atoms with van der Waals surface area (Å²) in [5, 5.41) is 5.28. The number of nitrogens with one attached hydrogen (secondary N) is 1. The van der Waals surface area contributed by atoms with E-state index in [-0.39, 0.29) is 5.03 Å². The summed E-state index contributed by atoms with van der Waals surface area (Å²) < 4.78 is 46.0. The molecule has 7 nitrogen and oxygen atoms in total. The Bertz CT molecular complexity index is 1550. The first kappa shape index (κ1) is 26.2. The molecule has 0 saturated heterocycles. The normalized spacial score (nSPS) is 14.2. The van der Waals surface area contributed by atoms with E-state index in [1.165, 1.54) is 6.07 Å². The van der Waals surface area contributed by atoms with E-state index in [2.05, 4.69) is 14.9 Å². The number of aryl methyl sites for hydroxylation is 2. The van der Waals surface area contributed by atoms with Gasteiger partial charge in [0, 0.05) is 29.3 Å². The largest absolute Gasteiger partial charge is 0.356 e. The maximum absolute atomic E-state index is 13.2. The van der Waals surface area contributed by atoms with Gasteiger partial charge in [-0.05, 0) is 69.5 Å². The topological polar surface area (TPSA) is 102 Å². The molecule has 4 aromatic rings. The number of hydrogen-bond donors (Lipinski definition) is 1. The molecule has 36 heavy (non-hydrogen) atoms. The highest BCUT2D eigenvalue weighted by molar-refractivity contribution is 7.90. The van der Waals surface area contributed by atoms with Gasteiger partial charge in [0.25, 0.3) is 0 Å². The van der Waals surface area contributed by atoms with Crippen LogP contribution < -0.4 is 4.72 Å². The SMILES string of the molecule is Cc1ccc2c(-c3ccccc3[C@H](Cc3nc(S(C)(=O)=O)ccc3C)N[S@@](=O)C(C)(C)C)noc2c1. The van der Waals surface area contributed by atoms with Gasteiger partial charge in [0.15, 0.2) is 20.4 Å². The minimum atomic E-state index is -3.47. The third-order valence-corrected chi connectivity index (χ3v) is 8.58. The highest BCUT2D eigenvalue weighted by atomic mass is 32.2. The molecule has 2 aromatic heterocycles. The summed E-state index contributed by atoms with van der Waals surface area (Å²) in [7, 11) is -4.87. The molecule has 0 aliphatic rings. The van der Waals surface area contributed by atoms with E-state index >= 15 is 0 Å². The molecular formula is C27H31N3O4S2. The molecule has 9 heteroatoms. The molecule has 0 spiro atoms. The number of hydrogen-bond acceptors (Lipinski definition) is 6. The third-order valence-electron chi connectivity index (χ3n) is 5.98. The average molecular weight is 526 g/mol. The van der Waals surface area contributed by atoms with Gasteiger partial charge in [-0.2, -0.15) is 0 Å². The summed E-state index contributed by atoms with van der Waals surface area (Å²) in [5.41, 5.74) is 5.67. The van der Waals surface area contributed by atoms with Gasteiger partial charge in [-0.1, -0.05) is 41.6 Å². The number of benzene rings is 2. The van der Waals surface area contributed by atoms with Crippen LogP contribution in [0.15, 0.2) is 64.1 Å². The summed E-state index contributed by atoms with van der Waals surface area (Å²) in [6.45, 7) is 9.60. The summed E-state index contributed by atoms with van der Waals surface area (Å²) in [6.07, 6.45) is 1.48. The number of fused-ring (bicyclic) bond motifs is 1. The van der Waals surface area contributed by atoms with Crippen LogP contribution in [0.25, 0.3) is 22.2 Å². The second-order valence-electron chi connectivity index (χ2n) is 10.1. The van der Waals surface area contributed by atoms with Crippen LogP contribution in [0, 0.1) is 13.8 Å². The van der Waals surface area contributed by atoms with Crippen LogP contribution in [0.1, 0.15) is 49.2 Å². The summed E-state index contributed by atoms with van der Waals surface area (Å²) in [6, 6.07) is 16.6. The Labute approximate surface area is 214 Å². The number of sulfone groups is 1. The van der Waals surface area contributed by atoms with Crippen molar-refractivity contribution in [3.63, 3.8) is 0 Å². The van der Waals surface area contributed by atoms with Gasteiger partial charge in [-0.25, -0.2) is 22.3 Å². The van der Waals surface area contributed by atoms with Crippen molar-refractivity contribution in [1.29, 1.82) is 0 Å². The summed E-state index contributed by atoms with van der Waals surface area (Å²) in [4.78, 5) is 4.47. The first-order chi connectivity index (χ1) is 16.8. The monoisotopic (exact) mass is 525 g/mol. The second-order valence-corrected chi connectivity index (χ2v) is 14.0. The second kappa shape index (κ2) is 9.88. The quantitative estimate of drug-likeness (QED) is 0.354. The van der Waals surface area contributed by atoms with Crippen molar-refractivity contribution in [2.75, 3.05) is 6.26 Å². The predicted molar refractivity (Wildman–Crippen MR) is 144 cm³/mol. The smallest absolute Gasteiger partial charge is 0.192 e. The fourth-order valence-corrected chi connectivity index (χ4v) is 5.35. The lowest BCUT2D eigenvalue weighted by Gasteiger charge is -2.26. The first-order valence-corrected chi connectivity index (χ1v) is 14.7. The molecular weight excluding hydrogens is 494 g/mol. The van der Waals surface area contributed by atoms with E-state index < -0.39 is 31.6 Å². The van der Waals surface area contributed by atoms with Crippen molar-refractivity contribution in [2.45, 2.75) is 56.9 Å². The van der Waals surface area contributed by atoms with Crippen LogP contribution in [0.5, 0.6) is 0 Å². The molecule has 2 atom stereocenters. The van der Waals surface area contributed by atoms with Crippen molar-refractivity contribution in [1.82, 2.24) is 14.9 Å². The van der Waals surface area contributed by atoms with Gasteiger partial charge in [-0.3, -0.25) is 0 Å². The van der Waals surface area contributed by atoms with E-state index in [1.807, 2.05) is 77.1 Å². The lowest BCUT2D eigenvalue weighted by atomic mass is 9.93. The zero-order chi connectivity index (χ0) is 26.3. The average Bonchev–Trinajstić information content (AvgIpc) is 3.21. The van der Waals surface area contributed by atoms with Crippen LogP contribution in [0.3, 0.4) is 0 Å².